The number of hydrogen-bond donors (Lipinski definition) is 1. The van der Waals surface area contributed by atoms with Gasteiger partial charge >= 0.3 is 0 Å². The van der Waals surface area contributed by atoms with E-state index in [1.807, 2.05) is 48.5 Å². The number of rotatable bonds is 3. The van der Waals surface area contributed by atoms with Crippen LogP contribution in [0.5, 0.6) is 5.75 Å². The number of nitrogens with one attached hydrogen (secondary N) is 1. The van der Waals surface area contributed by atoms with Crippen LogP contribution < -0.4 is 10.1 Å². The van der Waals surface area contributed by atoms with Crippen LogP contribution in [0.4, 0.5) is 5.82 Å². The van der Waals surface area contributed by atoms with Crippen molar-refractivity contribution >= 4 is 16.7 Å². The zero-order chi connectivity index (χ0) is 16.4. The fourth-order valence-electron chi connectivity index (χ4n) is 2.40. The van der Waals surface area contributed by atoms with Crippen LogP contribution in [0.2, 0.25) is 0 Å². The first-order valence-electron chi connectivity index (χ1n) is 7.66. The highest BCUT2D eigenvalue weighted by Gasteiger charge is 2.15. The van der Waals surface area contributed by atoms with Gasteiger partial charge in [0.25, 0.3) is 0 Å². The number of aromatic nitrogens is 2. The highest BCUT2D eigenvalue weighted by Crippen LogP contribution is 2.27. The van der Waals surface area contributed by atoms with Gasteiger partial charge in [-0.3, -0.25) is 0 Å². The summed E-state index contributed by atoms with van der Waals surface area (Å²) in [4.78, 5) is 9.45. The number of ether oxygens (including phenoxy) is 1. The summed E-state index contributed by atoms with van der Waals surface area (Å²) >= 11 is 0. The van der Waals surface area contributed by atoms with Crippen LogP contribution >= 0.6 is 0 Å². The molecule has 0 fully saturated rings. The Labute approximate surface area is 136 Å². The Morgan fingerprint density at radius 1 is 0.913 bits per heavy atom. The van der Waals surface area contributed by atoms with E-state index in [0.717, 1.165) is 28.0 Å². The Balaban J connectivity index is 2.13. The topological polar surface area (TPSA) is 47.0 Å². The molecule has 0 amide bonds. The van der Waals surface area contributed by atoms with Crippen molar-refractivity contribution in [2.45, 2.75) is 26.3 Å². The van der Waals surface area contributed by atoms with Crippen LogP contribution in [0.3, 0.4) is 0 Å². The molecule has 1 heterocycles. The number of methoxy groups -OCH3 is 1. The van der Waals surface area contributed by atoms with E-state index in [1.54, 1.807) is 7.11 Å². The number of fused-ring (bicyclic) bond motifs is 1. The van der Waals surface area contributed by atoms with Gasteiger partial charge in [-0.25, -0.2) is 9.97 Å². The Kier molecular flexibility index (Phi) is 3.90. The van der Waals surface area contributed by atoms with Crippen LogP contribution in [0, 0.1) is 0 Å². The first kappa shape index (κ1) is 15.3. The van der Waals surface area contributed by atoms with Gasteiger partial charge in [-0.05, 0) is 57.2 Å². The largest absolute Gasteiger partial charge is 0.497 e. The monoisotopic (exact) mass is 307 g/mol. The van der Waals surface area contributed by atoms with Crippen molar-refractivity contribution in [1.29, 1.82) is 0 Å². The van der Waals surface area contributed by atoms with Gasteiger partial charge in [-0.2, -0.15) is 0 Å². The maximum Gasteiger partial charge on any atom is 0.162 e. The molecule has 3 rings (SSSR count). The molecule has 0 aliphatic heterocycles. The molecule has 1 N–H and O–H groups in total. The first-order chi connectivity index (χ1) is 11.0. The molecule has 4 nitrogen and oxygen atoms in total. The van der Waals surface area contributed by atoms with Crippen molar-refractivity contribution in [3.8, 4) is 17.1 Å². The van der Waals surface area contributed by atoms with Crippen LogP contribution in [-0.2, 0) is 0 Å². The molecule has 0 saturated carbocycles. The molecule has 0 spiro atoms. The van der Waals surface area contributed by atoms with Gasteiger partial charge in [-0.15, -0.1) is 0 Å². The van der Waals surface area contributed by atoms with Crippen LogP contribution in [0.1, 0.15) is 20.8 Å². The van der Waals surface area contributed by atoms with E-state index in [0.29, 0.717) is 5.82 Å². The van der Waals surface area contributed by atoms with Gasteiger partial charge < -0.3 is 10.1 Å². The molecule has 4 heteroatoms. The minimum atomic E-state index is -0.0751. The summed E-state index contributed by atoms with van der Waals surface area (Å²) in [5.41, 5.74) is 1.82. The quantitative estimate of drug-likeness (QED) is 0.773. The lowest BCUT2D eigenvalue weighted by Gasteiger charge is -2.22. The molecule has 23 heavy (non-hydrogen) atoms. The summed E-state index contributed by atoms with van der Waals surface area (Å²) in [5.74, 6) is 2.38. The highest BCUT2D eigenvalue weighted by atomic mass is 16.5. The third-order valence-corrected chi connectivity index (χ3v) is 3.44. The van der Waals surface area contributed by atoms with Crippen molar-refractivity contribution in [3.63, 3.8) is 0 Å². The average molecular weight is 307 g/mol. The normalized spacial score (nSPS) is 11.5. The second-order valence-corrected chi connectivity index (χ2v) is 6.52. The summed E-state index contributed by atoms with van der Waals surface area (Å²) in [6.45, 7) is 6.37. The van der Waals surface area contributed by atoms with Gasteiger partial charge in [0.1, 0.15) is 11.6 Å². The number of hydrogen-bond acceptors (Lipinski definition) is 4. The fraction of sp³-hybridized carbons (Fsp3) is 0.263. The van der Waals surface area contributed by atoms with Crippen LogP contribution in [0.15, 0.2) is 48.5 Å². The highest BCUT2D eigenvalue weighted by molar-refractivity contribution is 5.90. The molecule has 1 aromatic heterocycles. The summed E-state index contributed by atoms with van der Waals surface area (Å²) in [7, 11) is 1.66. The third-order valence-electron chi connectivity index (χ3n) is 3.44. The van der Waals surface area contributed by atoms with Crippen LogP contribution in [0.25, 0.3) is 22.3 Å². The predicted molar refractivity (Wildman–Crippen MR) is 94.9 cm³/mol. The van der Waals surface area contributed by atoms with Crippen LogP contribution in [-0.4, -0.2) is 22.6 Å². The first-order valence-corrected chi connectivity index (χ1v) is 7.66. The van der Waals surface area contributed by atoms with E-state index in [2.05, 4.69) is 26.1 Å². The van der Waals surface area contributed by atoms with E-state index >= 15 is 0 Å². The smallest absolute Gasteiger partial charge is 0.162 e. The maximum absolute atomic E-state index is 5.21. The van der Waals surface area contributed by atoms with E-state index in [9.17, 15) is 0 Å². The van der Waals surface area contributed by atoms with Crippen molar-refractivity contribution in [3.05, 3.63) is 48.5 Å². The van der Waals surface area contributed by atoms with Crippen molar-refractivity contribution in [2.75, 3.05) is 12.4 Å². The van der Waals surface area contributed by atoms with E-state index in [1.165, 1.54) is 0 Å². The summed E-state index contributed by atoms with van der Waals surface area (Å²) in [5, 5.41) is 4.51. The van der Waals surface area contributed by atoms with Gasteiger partial charge in [0, 0.05) is 16.5 Å². The van der Waals surface area contributed by atoms with Gasteiger partial charge in [0.2, 0.25) is 0 Å². The summed E-state index contributed by atoms with van der Waals surface area (Å²) in [6.07, 6.45) is 0. The second-order valence-electron chi connectivity index (χ2n) is 6.52. The molecule has 118 valence electrons. The molecule has 0 aliphatic rings. The molecule has 0 unspecified atom stereocenters. The molecule has 2 aromatic carbocycles. The third kappa shape index (κ3) is 3.42. The fourth-order valence-corrected chi connectivity index (χ4v) is 2.40. The summed E-state index contributed by atoms with van der Waals surface area (Å²) in [6, 6.07) is 15.8. The lowest BCUT2D eigenvalue weighted by molar-refractivity contribution is 0.415. The number of benzene rings is 2. The van der Waals surface area contributed by atoms with Crippen molar-refractivity contribution in [1.82, 2.24) is 9.97 Å². The minimum absolute atomic E-state index is 0.0751. The van der Waals surface area contributed by atoms with Crippen molar-refractivity contribution < 1.29 is 4.74 Å². The van der Waals surface area contributed by atoms with E-state index < -0.39 is 0 Å². The summed E-state index contributed by atoms with van der Waals surface area (Å²) < 4.78 is 5.21. The zero-order valence-corrected chi connectivity index (χ0v) is 13.9. The van der Waals surface area contributed by atoms with Gasteiger partial charge in [0.05, 0.1) is 12.6 Å². The molecular formula is C19H21N3O. The SMILES string of the molecule is COc1ccc(-c2nc(NC(C)(C)C)c3ccccc3n2)cc1. The zero-order valence-electron chi connectivity index (χ0n) is 13.9. The predicted octanol–water partition coefficient (Wildman–Crippen LogP) is 4.52. The average Bonchev–Trinajstić information content (AvgIpc) is 2.53. The Hall–Kier alpha value is -2.62. The molecule has 0 atom stereocenters. The Bertz CT molecular complexity index is 820. The molecule has 3 aromatic rings. The standard InChI is InChI=1S/C19H21N3O/c1-19(2,3)22-18-15-7-5-6-8-16(15)20-17(21-18)13-9-11-14(23-4)12-10-13/h5-12H,1-4H3,(H,20,21,22). The Morgan fingerprint density at radius 3 is 2.26 bits per heavy atom. The molecule has 0 saturated heterocycles. The van der Waals surface area contributed by atoms with E-state index in [-0.39, 0.29) is 5.54 Å². The Morgan fingerprint density at radius 2 is 1.61 bits per heavy atom. The lowest BCUT2D eigenvalue weighted by Crippen LogP contribution is -2.27. The number of anilines is 1. The number of nitrogens with zero attached hydrogens (tertiary/aromatic N) is 2. The molecule has 0 radical (unpaired) electrons. The second kappa shape index (κ2) is 5.88. The van der Waals surface area contributed by atoms with Crippen molar-refractivity contribution in [2.24, 2.45) is 0 Å². The minimum Gasteiger partial charge on any atom is -0.497 e. The van der Waals surface area contributed by atoms with Gasteiger partial charge in [-0.1, -0.05) is 12.1 Å². The maximum atomic E-state index is 5.21. The van der Waals surface area contributed by atoms with Gasteiger partial charge in [0.15, 0.2) is 5.82 Å². The number of para-hydroxylation sites is 1. The van der Waals surface area contributed by atoms with E-state index in [4.69, 9.17) is 14.7 Å². The molecule has 0 aliphatic carbocycles. The molecular weight excluding hydrogens is 286 g/mol. The molecule has 0 bridgehead atoms. The lowest BCUT2D eigenvalue weighted by atomic mass is 10.1.